The fraction of sp³-hybridized carbons (Fsp3) is 0.350. The van der Waals surface area contributed by atoms with Crippen LogP contribution in [0.2, 0.25) is 0 Å². The Labute approximate surface area is 159 Å². The highest BCUT2D eigenvalue weighted by Crippen LogP contribution is 2.26. The standard InChI is InChI=1S/C20H23FN2O3S/c1-14-11-15(2)13-23(12-14)20(24)18-5-3-4-6-19(18)22-27(25,26)17-9-7-16(21)8-10-17/h3-10,14-15,22H,11-13H2,1-2H3/t14-,15-/m1/s1. The average molecular weight is 390 g/mol. The minimum atomic E-state index is -3.93. The number of halogens is 1. The molecule has 27 heavy (non-hydrogen) atoms. The Morgan fingerprint density at radius 2 is 1.63 bits per heavy atom. The summed E-state index contributed by atoms with van der Waals surface area (Å²) in [5, 5.41) is 0. The number of carbonyl (C=O) groups excluding carboxylic acids is 1. The van der Waals surface area contributed by atoms with Crippen LogP contribution in [-0.2, 0) is 10.0 Å². The summed E-state index contributed by atoms with van der Waals surface area (Å²) < 4.78 is 40.8. The second kappa shape index (κ2) is 7.68. The van der Waals surface area contributed by atoms with Crippen LogP contribution in [0.5, 0.6) is 0 Å². The predicted octanol–water partition coefficient (Wildman–Crippen LogP) is 3.74. The van der Waals surface area contributed by atoms with Crippen molar-refractivity contribution >= 4 is 21.6 Å². The van der Waals surface area contributed by atoms with Crippen molar-refractivity contribution in [2.45, 2.75) is 25.2 Å². The maximum absolute atomic E-state index is 13.1. The third-order valence-electron chi connectivity index (χ3n) is 4.68. The number of hydrogen-bond acceptors (Lipinski definition) is 3. The van der Waals surface area contributed by atoms with E-state index in [1.54, 1.807) is 29.2 Å². The van der Waals surface area contributed by atoms with Crippen molar-refractivity contribution in [1.82, 2.24) is 4.90 Å². The van der Waals surface area contributed by atoms with Crippen LogP contribution in [0.25, 0.3) is 0 Å². The third-order valence-corrected chi connectivity index (χ3v) is 6.06. The van der Waals surface area contributed by atoms with E-state index in [2.05, 4.69) is 18.6 Å². The highest BCUT2D eigenvalue weighted by Gasteiger charge is 2.28. The van der Waals surface area contributed by atoms with Crippen molar-refractivity contribution in [2.75, 3.05) is 17.8 Å². The number of piperidine rings is 1. The van der Waals surface area contributed by atoms with Crippen LogP contribution >= 0.6 is 0 Å². The Hall–Kier alpha value is -2.41. The van der Waals surface area contributed by atoms with Crippen LogP contribution in [0.4, 0.5) is 10.1 Å². The summed E-state index contributed by atoms with van der Waals surface area (Å²) in [4.78, 5) is 14.7. The first-order chi connectivity index (χ1) is 12.8. The van der Waals surface area contributed by atoms with Gasteiger partial charge in [0.25, 0.3) is 15.9 Å². The lowest BCUT2D eigenvalue weighted by Crippen LogP contribution is -2.42. The molecule has 0 aliphatic carbocycles. The van der Waals surface area contributed by atoms with E-state index in [-0.39, 0.29) is 16.5 Å². The Morgan fingerprint density at radius 1 is 1.04 bits per heavy atom. The van der Waals surface area contributed by atoms with E-state index in [0.29, 0.717) is 30.5 Å². The molecular formula is C20H23FN2O3S. The topological polar surface area (TPSA) is 66.5 Å². The summed E-state index contributed by atoms with van der Waals surface area (Å²) in [6.45, 7) is 5.53. The normalized spacial score (nSPS) is 20.3. The van der Waals surface area contributed by atoms with Crippen molar-refractivity contribution in [3.05, 3.63) is 59.9 Å². The Bertz CT molecular complexity index is 918. The van der Waals surface area contributed by atoms with Gasteiger partial charge in [-0.1, -0.05) is 26.0 Å². The van der Waals surface area contributed by atoms with Crippen LogP contribution in [0, 0.1) is 17.7 Å². The molecular weight excluding hydrogens is 367 g/mol. The molecule has 1 aliphatic heterocycles. The number of amides is 1. The fourth-order valence-electron chi connectivity index (χ4n) is 3.58. The third kappa shape index (κ3) is 4.47. The molecule has 1 fully saturated rings. The highest BCUT2D eigenvalue weighted by molar-refractivity contribution is 7.92. The van der Waals surface area contributed by atoms with Gasteiger partial charge in [-0.25, -0.2) is 12.8 Å². The minimum Gasteiger partial charge on any atom is -0.338 e. The summed E-state index contributed by atoms with van der Waals surface area (Å²) in [6.07, 6.45) is 1.07. The lowest BCUT2D eigenvalue weighted by molar-refractivity contribution is 0.0624. The van der Waals surface area contributed by atoms with Gasteiger partial charge in [-0.3, -0.25) is 9.52 Å². The van der Waals surface area contributed by atoms with Gasteiger partial charge in [0.05, 0.1) is 16.1 Å². The maximum atomic E-state index is 13.1. The molecule has 0 bridgehead atoms. The Morgan fingerprint density at radius 3 is 2.26 bits per heavy atom. The second-order valence-electron chi connectivity index (χ2n) is 7.26. The Kier molecular flexibility index (Phi) is 5.51. The van der Waals surface area contributed by atoms with Crippen LogP contribution < -0.4 is 4.72 Å². The molecule has 2 aromatic rings. The molecule has 0 radical (unpaired) electrons. The zero-order chi connectivity index (χ0) is 19.6. The van der Waals surface area contributed by atoms with E-state index >= 15 is 0 Å². The summed E-state index contributed by atoms with van der Waals surface area (Å²) in [6, 6.07) is 11.1. The van der Waals surface area contributed by atoms with Crippen molar-refractivity contribution in [1.29, 1.82) is 0 Å². The zero-order valence-corrected chi connectivity index (χ0v) is 16.2. The molecule has 1 N–H and O–H groups in total. The summed E-state index contributed by atoms with van der Waals surface area (Å²) in [7, 11) is -3.93. The number of sulfonamides is 1. The van der Waals surface area contributed by atoms with Gasteiger partial charge in [-0.2, -0.15) is 0 Å². The number of carbonyl (C=O) groups is 1. The van der Waals surface area contributed by atoms with Gasteiger partial charge in [-0.05, 0) is 54.7 Å². The smallest absolute Gasteiger partial charge is 0.261 e. The van der Waals surface area contributed by atoms with Crippen molar-refractivity contribution in [3.63, 3.8) is 0 Å². The number of para-hydroxylation sites is 1. The van der Waals surface area contributed by atoms with E-state index < -0.39 is 15.8 Å². The number of likely N-dealkylation sites (tertiary alicyclic amines) is 1. The Balaban J connectivity index is 1.88. The lowest BCUT2D eigenvalue weighted by Gasteiger charge is -2.35. The first kappa shape index (κ1) is 19.4. The molecule has 0 saturated carbocycles. The molecule has 2 aromatic carbocycles. The van der Waals surface area contributed by atoms with Gasteiger partial charge >= 0.3 is 0 Å². The monoisotopic (exact) mass is 390 g/mol. The lowest BCUT2D eigenvalue weighted by atomic mass is 9.91. The molecule has 1 aliphatic rings. The van der Waals surface area contributed by atoms with Crippen molar-refractivity contribution < 1.29 is 17.6 Å². The molecule has 1 heterocycles. The van der Waals surface area contributed by atoms with Crippen LogP contribution in [-0.4, -0.2) is 32.3 Å². The average Bonchev–Trinajstić information content (AvgIpc) is 2.61. The van der Waals surface area contributed by atoms with Crippen molar-refractivity contribution in [2.24, 2.45) is 11.8 Å². The highest BCUT2D eigenvalue weighted by atomic mass is 32.2. The summed E-state index contributed by atoms with van der Waals surface area (Å²) in [5.74, 6) is 0.102. The van der Waals surface area contributed by atoms with Crippen molar-refractivity contribution in [3.8, 4) is 0 Å². The number of nitrogens with zero attached hydrogens (tertiary/aromatic N) is 1. The largest absolute Gasteiger partial charge is 0.338 e. The molecule has 144 valence electrons. The summed E-state index contributed by atoms with van der Waals surface area (Å²) >= 11 is 0. The molecule has 1 saturated heterocycles. The molecule has 3 rings (SSSR count). The van der Waals surface area contributed by atoms with E-state index in [0.717, 1.165) is 18.6 Å². The molecule has 7 heteroatoms. The predicted molar refractivity (Wildman–Crippen MR) is 102 cm³/mol. The van der Waals surface area contributed by atoms with E-state index in [1.165, 1.54) is 12.1 Å². The van der Waals surface area contributed by atoms with Crippen LogP contribution in [0.15, 0.2) is 53.4 Å². The molecule has 0 spiro atoms. The van der Waals surface area contributed by atoms with Crippen LogP contribution in [0.3, 0.4) is 0 Å². The van der Waals surface area contributed by atoms with Crippen LogP contribution in [0.1, 0.15) is 30.6 Å². The van der Waals surface area contributed by atoms with E-state index in [4.69, 9.17) is 0 Å². The van der Waals surface area contributed by atoms with Gasteiger partial charge in [0, 0.05) is 13.1 Å². The van der Waals surface area contributed by atoms with Gasteiger partial charge in [0.1, 0.15) is 5.82 Å². The maximum Gasteiger partial charge on any atom is 0.261 e. The number of hydrogen-bond donors (Lipinski definition) is 1. The SMILES string of the molecule is C[C@@H]1C[C@@H](C)CN(C(=O)c2ccccc2NS(=O)(=O)c2ccc(F)cc2)C1. The van der Waals surface area contributed by atoms with Gasteiger partial charge < -0.3 is 4.90 Å². The number of benzene rings is 2. The van der Waals surface area contributed by atoms with E-state index in [9.17, 15) is 17.6 Å². The van der Waals surface area contributed by atoms with Gasteiger partial charge in [0.15, 0.2) is 0 Å². The quantitative estimate of drug-likeness (QED) is 0.865. The molecule has 0 aromatic heterocycles. The minimum absolute atomic E-state index is 0.0635. The number of anilines is 1. The van der Waals surface area contributed by atoms with Gasteiger partial charge in [0.2, 0.25) is 0 Å². The first-order valence-electron chi connectivity index (χ1n) is 8.93. The van der Waals surface area contributed by atoms with Gasteiger partial charge in [-0.15, -0.1) is 0 Å². The molecule has 5 nitrogen and oxygen atoms in total. The zero-order valence-electron chi connectivity index (χ0n) is 15.4. The molecule has 2 atom stereocenters. The molecule has 1 amide bonds. The number of rotatable bonds is 4. The number of nitrogens with one attached hydrogen (secondary N) is 1. The fourth-order valence-corrected chi connectivity index (χ4v) is 4.65. The first-order valence-corrected chi connectivity index (χ1v) is 10.4. The second-order valence-corrected chi connectivity index (χ2v) is 8.94. The van der Waals surface area contributed by atoms with E-state index in [1.807, 2.05) is 0 Å². The molecule has 0 unspecified atom stereocenters. The summed E-state index contributed by atoms with van der Waals surface area (Å²) in [5.41, 5.74) is 0.530.